The van der Waals surface area contributed by atoms with Crippen molar-refractivity contribution in [3.05, 3.63) is 41.7 Å². The molecule has 2 aromatic rings. The van der Waals surface area contributed by atoms with Crippen LogP contribution in [0.15, 0.2) is 33.4 Å². The predicted octanol–water partition coefficient (Wildman–Crippen LogP) is 1.60. The van der Waals surface area contributed by atoms with Crippen LogP contribution in [-0.2, 0) is 13.1 Å². The number of amides is 2. The highest BCUT2D eigenvalue weighted by atomic mass is 16.5. The first kappa shape index (κ1) is 14.6. The van der Waals surface area contributed by atoms with Gasteiger partial charge in [-0.05, 0) is 19.1 Å². The normalized spacial score (nSPS) is 16.0. The molecule has 1 N–H and O–H groups in total. The van der Waals surface area contributed by atoms with Gasteiger partial charge in [0.05, 0.1) is 25.0 Å². The molecule has 3 heterocycles. The Labute approximate surface area is 128 Å². The molecule has 1 saturated heterocycles. The zero-order valence-corrected chi connectivity index (χ0v) is 12.6. The van der Waals surface area contributed by atoms with Crippen LogP contribution in [0.4, 0.5) is 4.79 Å². The summed E-state index contributed by atoms with van der Waals surface area (Å²) in [5.41, 5.74) is 0.894. The Balaban J connectivity index is 1.42. The van der Waals surface area contributed by atoms with Gasteiger partial charge in [-0.25, -0.2) is 4.79 Å². The Morgan fingerprint density at radius 1 is 1.32 bits per heavy atom. The third kappa shape index (κ3) is 3.67. The molecular weight excluding hydrogens is 284 g/mol. The van der Waals surface area contributed by atoms with Crippen LogP contribution in [0, 0.1) is 6.92 Å². The van der Waals surface area contributed by atoms with Crippen LogP contribution >= 0.6 is 0 Å². The van der Waals surface area contributed by atoms with Crippen molar-refractivity contribution >= 4 is 6.03 Å². The minimum atomic E-state index is -0.0495. The summed E-state index contributed by atoms with van der Waals surface area (Å²) in [7, 11) is 0. The quantitative estimate of drug-likeness (QED) is 0.928. The maximum Gasteiger partial charge on any atom is 0.317 e. The summed E-state index contributed by atoms with van der Waals surface area (Å²) in [6.45, 7) is 6.14. The molecule has 7 heteroatoms. The van der Waals surface area contributed by atoms with E-state index < -0.39 is 0 Å². The SMILES string of the molecule is Cc1cc(CN2CCN(C(=O)NCc3ccco3)CC2)on1. The van der Waals surface area contributed by atoms with E-state index in [9.17, 15) is 4.79 Å². The standard InChI is InChI=1S/C15H20N4O3/c1-12-9-14(22-17-12)11-18-4-6-19(7-5-18)15(20)16-10-13-3-2-8-21-13/h2-3,8-9H,4-7,10-11H2,1H3,(H,16,20). The van der Waals surface area contributed by atoms with Crippen molar-refractivity contribution in [2.75, 3.05) is 26.2 Å². The molecule has 0 spiro atoms. The molecule has 2 amide bonds. The first-order valence-electron chi connectivity index (χ1n) is 7.40. The van der Waals surface area contributed by atoms with Gasteiger partial charge in [0.25, 0.3) is 0 Å². The number of carbonyl (C=O) groups excluding carboxylic acids is 1. The number of aryl methyl sites for hydroxylation is 1. The molecule has 2 aromatic heterocycles. The zero-order chi connectivity index (χ0) is 15.4. The number of piperazine rings is 1. The molecule has 0 bridgehead atoms. The van der Waals surface area contributed by atoms with E-state index >= 15 is 0 Å². The lowest BCUT2D eigenvalue weighted by atomic mass is 10.3. The van der Waals surface area contributed by atoms with Gasteiger partial charge in [0.1, 0.15) is 5.76 Å². The third-order valence-electron chi connectivity index (χ3n) is 3.71. The van der Waals surface area contributed by atoms with Crippen LogP contribution in [0.1, 0.15) is 17.2 Å². The van der Waals surface area contributed by atoms with Crippen molar-refractivity contribution in [1.29, 1.82) is 0 Å². The molecule has 0 atom stereocenters. The zero-order valence-electron chi connectivity index (χ0n) is 12.6. The highest BCUT2D eigenvalue weighted by Gasteiger charge is 2.21. The van der Waals surface area contributed by atoms with Gasteiger partial charge in [-0.2, -0.15) is 0 Å². The molecule has 118 valence electrons. The molecule has 3 rings (SSSR count). The van der Waals surface area contributed by atoms with Gasteiger partial charge >= 0.3 is 6.03 Å². The summed E-state index contributed by atoms with van der Waals surface area (Å²) in [4.78, 5) is 16.2. The van der Waals surface area contributed by atoms with Crippen molar-refractivity contribution < 1.29 is 13.7 Å². The monoisotopic (exact) mass is 304 g/mol. The van der Waals surface area contributed by atoms with Crippen LogP contribution in [-0.4, -0.2) is 47.2 Å². The molecule has 0 radical (unpaired) electrons. The van der Waals surface area contributed by atoms with Crippen LogP contribution < -0.4 is 5.32 Å². The van der Waals surface area contributed by atoms with E-state index in [1.807, 2.05) is 30.0 Å². The molecule has 1 aliphatic heterocycles. The van der Waals surface area contributed by atoms with Gasteiger partial charge in [0, 0.05) is 32.2 Å². The Morgan fingerprint density at radius 2 is 2.14 bits per heavy atom. The first-order valence-corrected chi connectivity index (χ1v) is 7.40. The summed E-state index contributed by atoms with van der Waals surface area (Å²) >= 11 is 0. The Bertz CT molecular complexity index is 600. The largest absolute Gasteiger partial charge is 0.467 e. The topological polar surface area (TPSA) is 74.8 Å². The molecule has 1 aliphatic rings. The van der Waals surface area contributed by atoms with E-state index in [4.69, 9.17) is 8.94 Å². The number of furan rings is 1. The van der Waals surface area contributed by atoms with Gasteiger partial charge in [-0.3, -0.25) is 4.90 Å². The number of nitrogens with zero attached hydrogens (tertiary/aromatic N) is 3. The molecule has 22 heavy (non-hydrogen) atoms. The third-order valence-corrected chi connectivity index (χ3v) is 3.71. The number of urea groups is 1. The van der Waals surface area contributed by atoms with Gasteiger partial charge in [0.2, 0.25) is 0 Å². The molecule has 0 aromatic carbocycles. The molecule has 1 fully saturated rings. The summed E-state index contributed by atoms with van der Waals surface area (Å²) < 4.78 is 10.4. The lowest BCUT2D eigenvalue weighted by molar-refractivity contribution is 0.127. The molecular formula is C15H20N4O3. The van der Waals surface area contributed by atoms with E-state index in [1.165, 1.54) is 0 Å². The van der Waals surface area contributed by atoms with E-state index in [0.29, 0.717) is 19.6 Å². The highest BCUT2D eigenvalue weighted by molar-refractivity contribution is 5.74. The fourth-order valence-electron chi connectivity index (χ4n) is 2.51. The van der Waals surface area contributed by atoms with Gasteiger partial charge in [-0.1, -0.05) is 5.16 Å². The van der Waals surface area contributed by atoms with Crippen LogP contribution in [0.3, 0.4) is 0 Å². The van der Waals surface area contributed by atoms with Crippen LogP contribution in [0.5, 0.6) is 0 Å². The number of aromatic nitrogens is 1. The number of rotatable bonds is 4. The number of hydrogen-bond donors (Lipinski definition) is 1. The second-order valence-corrected chi connectivity index (χ2v) is 5.44. The average molecular weight is 304 g/mol. The lowest BCUT2D eigenvalue weighted by Crippen LogP contribution is -2.51. The predicted molar refractivity (Wildman–Crippen MR) is 79.0 cm³/mol. The summed E-state index contributed by atoms with van der Waals surface area (Å²) in [5, 5.41) is 6.76. The van der Waals surface area contributed by atoms with Crippen molar-refractivity contribution in [3.63, 3.8) is 0 Å². The second-order valence-electron chi connectivity index (χ2n) is 5.44. The van der Waals surface area contributed by atoms with Gasteiger partial charge < -0.3 is 19.2 Å². The lowest BCUT2D eigenvalue weighted by Gasteiger charge is -2.34. The van der Waals surface area contributed by atoms with E-state index in [-0.39, 0.29) is 6.03 Å². The van der Waals surface area contributed by atoms with Gasteiger partial charge in [0.15, 0.2) is 5.76 Å². The fourth-order valence-corrected chi connectivity index (χ4v) is 2.51. The number of nitrogens with one attached hydrogen (secondary N) is 1. The van der Waals surface area contributed by atoms with Crippen molar-refractivity contribution in [2.45, 2.75) is 20.0 Å². The first-order chi connectivity index (χ1) is 10.7. The van der Waals surface area contributed by atoms with Crippen LogP contribution in [0.2, 0.25) is 0 Å². The summed E-state index contributed by atoms with van der Waals surface area (Å²) in [5.74, 6) is 1.63. The highest BCUT2D eigenvalue weighted by Crippen LogP contribution is 2.10. The summed E-state index contributed by atoms with van der Waals surface area (Å²) in [6, 6.07) is 5.55. The van der Waals surface area contributed by atoms with Crippen molar-refractivity contribution in [3.8, 4) is 0 Å². The van der Waals surface area contributed by atoms with Gasteiger partial charge in [-0.15, -0.1) is 0 Å². The Morgan fingerprint density at radius 3 is 2.77 bits per heavy atom. The van der Waals surface area contributed by atoms with E-state index in [0.717, 1.165) is 36.8 Å². The Kier molecular flexibility index (Phi) is 4.43. The maximum atomic E-state index is 12.1. The molecule has 0 aliphatic carbocycles. The maximum absolute atomic E-state index is 12.1. The number of carbonyl (C=O) groups is 1. The number of hydrogen-bond acceptors (Lipinski definition) is 5. The van der Waals surface area contributed by atoms with E-state index in [1.54, 1.807) is 6.26 Å². The van der Waals surface area contributed by atoms with Crippen LogP contribution in [0.25, 0.3) is 0 Å². The van der Waals surface area contributed by atoms with Crippen molar-refractivity contribution in [1.82, 2.24) is 20.3 Å². The molecule has 0 saturated carbocycles. The Hall–Kier alpha value is -2.28. The average Bonchev–Trinajstić information content (AvgIpc) is 3.17. The smallest absolute Gasteiger partial charge is 0.317 e. The fraction of sp³-hybridized carbons (Fsp3) is 0.467. The van der Waals surface area contributed by atoms with E-state index in [2.05, 4.69) is 15.4 Å². The summed E-state index contributed by atoms with van der Waals surface area (Å²) in [6.07, 6.45) is 1.60. The second kappa shape index (κ2) is 6.65. The van der Waals surface area contributed by atoms with Crippen molar-refractivity contribution in [2.24, 2.45) is 0 Å². The minimum Gasteiger partial charge on any atom is -0.467 e. The molecule has 7 nitrogen and oxygen atoms in total. The minimum absolute atomic E-state index is 0.0495. The molecule has 0 unspecified atom stereocenters.